The fourth-order valence-corrected chi connectivity index (χ4v) is 5.57. The summed E-state index contributed by atoms with van der Waals surface area (Å²) in [6.07, 6.45) is 6.68. The van der Waals surface area contributed by atoms with E-state index in [-0.39, 0.29) is 17.2 Å². The van der Waals surface area contributed by atoms with Crippen LogP contribution in [0.25, 0.3) is 15.3 Å². The van der Waals surface area contributed by atoms with Crippen LogP contribution in [0.4, 0.5) is 11.4 Å². The quantitative estimate of drug-likeness (QED) is 0.360. The highest BCUT2D eigenvalue weighted by Gasteiger charge is 2.34. The van der Waals surface area contributed by atoms with Crippen molar-refractivity contribution in [2.45, 2.75) is 27.7 Å². The minimum absolute atomic E-state index is 0.107. The summed E-state index contributed by atoms with van der Waals surface area (Å²) < 4.78 is 7.34. The van der Waals surface area contributed by atoms with Crippen molar-refractivity contribution in [1.82, 2.24) is 24.5 Å². The van der Waals surface area contributed by atoms with E-state index < -0.39 is 0 Å². The van der Waals surface area contributed by atoms with Gasteiger partial charge in [0, 0.05) is 25.5 Å². The zero-order valence-electron chi connectivity index (χ0n) is 21.2. The molecule has 11 heteroatoms. The van der Waals surface area contributed by atoms with E-state index in [1.165, 1.54) is 11.3 Å². The number of thiazole rings is 1. The third kappa shape index (κ3) is 5.32. The van der Waals surface area contributed by atoms with Crippen LogP contribution >= 0.6 is 11.3 Å². The van der Waals surface area contributed by atoms with E-state index in [4.69, 9.17) is 4.74 Å². The first-order valence-corrected chi connectivity index (χ1v) is 12.9. The van der Waals surface area contributed by atoms with Gasteiger partial charge in [0.2, 0.25) is 11.8 Å². The van der Waals surface area contributed by atoms with Gasteiger partial charge in [-0.15, -0.1) is 11.3 Å². The van der Waals surface area contributed by atoms with Gasteiger partial charge < -0.3 is 15.4 Å². The average Bonchev–Trinajstić information content (AvgIpc) is 3.41. The Morgan fingerprint density at radius 2 is 2.00 bits per heavy atom. The second-order valence-electron chi connectivity index (χ2n) is 9.86. The second-order valence-corrected chi connectivity index (χ2v) is 10.9. The molecule has 0 unspecified atom stereocenters. The van der Waals surface area contributed by atoms with Crippen molar-refractivity contribution in [3.05, 3.63) is 54.2 Å². The third-order valence-electron chi connectivity index (χ3n) is 6.05. The second kappa shape index (κ2) is 9.91. The highest BCUT2D eigenvalue weighted by atomic mass is 32.1. The lowest BCUT2D eigenvalue weighted by molar-refractivity contribution is -0.120. The van der Waals surface area contributed by atoms with E-state index in [9.17, 15) is 9.59 Å². The lowest BCUT2D eigenvalue weighted by Gasteiger charge is -2.45. The Kier molecular flexibility index (Phi) is 6.65. The van der Waals surface area contributed by atoms with Gasteiger partial charge >= 0.3 is 0 Å². The van der Waals surface area contributed by atoms with Gasteiger partial charge in [-0.25, -0.2) is 9.50 Å². The minimum Gasteiger partial charge on any atom is -0.477 e. The van der Waals surface area contributed by atoms with Gasteiger partial charge in [0.25, 0.3) is 5.91 Å². The zero-order valence-corrected chi connectivity index (χ0v) is 22.1. The molecule has 5 rings (SSSR count). The number of carbonyl (C=O) groups excluding carboxylic acids is 2. The molecule has 10 nitrogen and oxygen atoms in total. The molecule has 192 valence electrons. The Hall–Kier alpha value is -3.83. The van der Waals surface area contributed by atoms with Gasteiger partial charge in [0.1, 0.15) is 4.83 Å². The van der Waals surface area contributed by atoms with E-state index in [1.54, 1.807) is 36.1 Å². The maximum atomic E-state index is 13.2. The first-order valence-electron chi connectivity index (χ1n) is 12.1. The normalized spacial score (nSPS) is 14.8. The first-order chi connectivity index (χ1) is 17.7. The summed E-state index contributed by atoms with van der Waals surface area (Å²) in [5, 5.41) is 10.2. The Morgan fingerprint density at radius 3 is 2.76 bits per heavy atom. The molecule has 2 N–H and O–H groups in total. The van der Waals surface area contributed by atoms with E-state index in [2.05, 4.69) is 44.4 Å². The number of likely N-dealkylation sites (tertiary alicyclic amines) is 1. The molecule has 1 saturated heterocycles. The van der Waals surface area contributed by atoms with E-state index in [0.717, 1.165) is 23.5 Å². The van der Waals surface area contributed by atoms with Crippen LogP contribution in [0.5, 0.6) is 5.88 Å². The highest BCUT2D eigenvalue weighted by molar-refractivity contribution is 7.21. The highest BCUT2D eigenvalue weighted by Crippen LogP contribution is 2.35. The topological polar surface area (TPSA) is 114 Å². The Balaban J connectivity index is 1.31. The Bertz CT molecular complexity index is 1470. The summed E-state index contributed by atoms with van der Waals surface area (Å²) in [6, 6.07) is 5.50. The lowest BCUT2D eigenvalue weighted by atomic mass is 9.84. The van der Waals surface area contributed by atoms with Crippen molar-refractivity contribution >= 4 is 39.4 Å². The van der Waals surface area contributed by atoms with Crippen molar-refractivity contribution in [3.63, 3.8) is 0 Å². The minimum atomic E-state index is -0.309. The fraction of sp³-hybridized carbons (Fsp3) is 0.346. The van der Waals surface area contributed by atoms with Crippen molar-refractivity contribution in [2.24, 2.45) is 5.41 Å². The van der Waals surface area contributed by atoms with Crippen LogP contribution in [0, 0.1) is 12.3 Å². The maximum Gasteiger partial charge on any atom is 0.260 e. The Labute approximate surface area is 218 Å². The summed E-state index contributed by atoms with van der Waals surface area (Å²) in [5.41, 5.74) is 3.24. The SMILES string of the molecule is CCOc1ncccc1-c1cn2ncc(C(=O)Nc3cc(NC(=O)CN4CC(C)(C)C4)cnc3C)c2s1. The van der Waals surface area contributed by atoms with Gasteiger partial charge in [-0.2, -0.15) is 5.10 Å². The molecule has 1 aliphatic heterocycles. The maximum absolute atomic E-state index is 13.2. The lowest BCUT2D eigenvalue weighted by Crippen LogP contribution is -2.54. The van der Waals surface area contributed by atoms with E-state index in [1.807, 2.05) is 25.3 Å². The number of hydrogen-bond donors (Lipinski definition) is 2. The number of aryl methyl sites for hydroxylation is 1. The number of carbonyl (C=O) groups is 2. The van der Waals surface area contributed by atoms with Crippen molar-refractivity contribution in [2.75, 3.05) is 36.9 Å². The molecule has 37 heavy (non-hydrogen) atoms. The van der Waals surface area contributed by atoms with Crippen LogP contribution in [0.3, 0.4) is 0 Å². The molecule has 1 aliphatic rings. The number of nitrogens with zero attached hydrogens (tertiary/aromatic N) is 5. The van der Waals surface area contributed by atoms with Crippen molar-refractivity contribution in [1.29, 1.82) is 0 Å². The standard InChI is InChI=1S/C26H29N7O3S/c1-5-36-24-18(7-6-8-27-24)21-12-33-25(37-21)19(11-29-33)23(35)31-20-9-17(10-28-16(20)2)30-22(34)13-32-14-26(3,4)15-32/h6-12H,5,13-15H2,1-4H3,(H,30,34)(H,31,35). The smallest absolute Gasteiger partial charge is 0.260 e. The number of pyridine rings is 2. The van der Waals surface area contributed by atoms with Crippen molar-refractivity contribution in [3.8, 4) is 16.3 Å². The molecule has 0 aromatic carbocycles. The number of anilines is 2. The summed E-state index contributed by atoms with van der Waals surface area (Å²) in [6.45, 7) is 10.7. The number of fused-ring (bicyclic) bond motifs is 1. The molecule has 2 amide bonds. The predicted molar refractivity (Wildman–Crippen MR) is 143 cm³/mol. The van der Waals surface area contributed by atoms with Crippen LogP contribution in [-0.4, -0.2) is 62.5 Å². The number of amides is 2. The molecule has 5 heterocycles. The number of hydrogen-bond acceptors (Lipinski definition) is 8. The van der Waals surface area contributed by atoms with Gasteiger partial charge in [-0.05, 0) is 37.5 Å². The first kappa shape index (κ1) is 24.8. The van der Waals surface area contributed by atoms with Crippen LogP contribution in [0.1, 0.15) is 36.8 Å². The van der Waals surface area contributed by atoms with Gasteiger partial charge in [0.05, 0.1) is 58.6 Å². The molecule has 0 spiro atoms. The fourth-order valence-electron chi connectivity index (χ4n) is 4.49. The molecule has 4 aromatic heterocycles. The predicted octanol–water partition coefficient (Wildman–Crippen LogP) is 4.09. The number of nitrogens with one attached hydrogen (secondary N) is 2. The molecule has 0 aliphatic carbocycles. The van der Waals surface area contributed by atoms with E-state index in [0.29, 0.717) is 46.5 Å². The van der Waals surface area contributed by atoms with Crippen LogP contribution < -0.4 is 15.4 Å². The van der Waals surface area contributed by atoms with Crippen LogP contribution in [0.2, 0.25) is 0 Å². The third-order valence-corrected chi connectivity index (χ3v) is 7.19. The van der Waals surface area contributed by atoms with Gasteiger partial charge in [-0.1, -0.05) is 13.8 Å². The Morgan fingerprint density at radius 1 is 1.19 bits per heavy atom. The largest absolute Gasteiger partial charge is 0.477 e. The summed E-state index contributed by atoms with van der Waals surface area (Å²) >= 11 is 1.43. The molecular weight excluding hydrogens is 490 g/mol. The van der Waals surface area contributed by atoms with Crippen molar-refractivity contribution < 1.29 is 14.3 Å². The van der Waals surface area contributed by atoms with E-state index >= 15 is 0 Å². The molecule has 0 bridgehead atoms. The molecule has 0 saturated carbocycles. The molecule has 0 radical (unpaired) electrons. The molecular formula is C26H29N7O3S. The summed E-state index contributed by atoms with van der Waals surface area (Å²) in [4.78, 5) is 38.1. The zero-order chi connectivity index (χ0) is 26.2. The molecule has 4 aromatic rings. The number of aromatic nitrogens is 4. The average molecular weight is 520 g/mol. The number of ether oxygens (including phenoxy) is 1. The molecule has 0 atom stereocenters. The van der Waals surface area contributed by atoms with Gasteiger partial charge in [0.15, 0.2) is 0 Å². The van der Waals surface area contributed by atoms with Gasteiger partial charge in [-0.3, -0.25) is 19.5 Å². The van der Waals surface area contributed by atoms with Crippen LogP contribution in [0.15, 0.2) is 43.0 Å². The molecule has 1 fully saturated rings. The number of rotatable bonds is 8. The van der Waals surface area contributed by atoms with Crippen LogP contribution in [-0.2, 0) is 4.79 Å². The summed E-state index contributed by atoms with van der Waals surface area (Å²) in [7, 11) is 0. The summed E-state index contributed by atoms with van der Waals surface area (Å²) in [5.74, 6) is 0.124. The monoisotopic (exact) mass is 519 g/mol.